The van der Waals surface area contributed by atoms with Crippen LogP contribution in [-0.4, -0.2) is 66.6 Å². The van der Waals surface area contributed by atoms with Crippen LogP contribution < -0.4 is 4.90 Å². The van der Waals surface area contributed by atoms with Gasteiger partial charge in [0, 0.05) is 10.9 Å². The van der Waals surface area contributed by atoms with Gasteiger partial charge in [-0.2, -0.15) is 31.3 Å². The Balaban J connectivity index is 2.06. The minimum absolute atomic E-state index is 0.0721. The summed E-state index contributed by atoms with van der Waals surface area (Å²) in [7, 11) is -3.64. The molecule has 16 heteroatoms. The maximum Gasteiger partial charge on any atom is 0.416 e. The van der Waals surface area contributed by atoms with E-state index in [9.17, 15) is 44.3 Å². The first-order valence-electron chi connectivity index (χ1n) is 8.94. The van der Waals surface area contributed by atoms with Crippen LogP contribution in [0, 0.1) is 0 Å². The van der Waals surface area contributed by atoms with Crippen LogP contribution in [0.3, 0.4) is 0 Å². The highest BCUT2D eigenvalue weighted by molar-refractivity contribution is 8.16. The monoisotopic (exact) mass is 520 g/mol. The number of carbonyl (C=O) groups excluding carboxylic acids is 1. The van der Waals surface area contributed by atoms with Gasteiger partial charge >= 0.3 is 18.3 Å². The van der Waals surface area contributed by atoms with Crippen molar-refractivity contribution in [2.45, 2.75) is 23.6 Å². The Labute approximate surface area is 186 Å². The van der Waals surface area contributed by atoms with Crippen molar-refractivity contribution in [3.8, 4) is 0 Å². The Kier molecular flexibility index (Phi) is 6.74. The van der Waals surface area contributed by atoms with Crippen LogP contribution in [0.2, 0.25) is 0 Å². The first kappa shape index (κ1) is 25.3. The topological polar surface area (TPSA) is 113 Å². The number of hydrogen-bond donors (Lipinski definition) is 1. The Hall–Kier alpha value is -2.33. The summed E-state index contributed by atoms with van der Waals surface area (Å²) in [5.74, 6) is -3.40. The molecule has 8 nitrogen and oxygen atoms in total. The third-order valence-corrected chi connectivity index (χ3v) is 7.80. The Bertz CT molecular complexity index is 1070. The molecule has 3 rings (SSSR count). The zero-order valence-electron chi connectivity index (χ0n) is 16.2. The summed E-state index contributed by atoms with van der Waals surface area (Å²) in [6.07, 6.45) is -10.3. The second-order valence-corrected chi connectivity index (χ2v) is 10.5. The van der Waals surface area contributed by atoms with E-state index in [4.69, 9.17) is 5.11 Å². The van der Waals surface area contributed by atoms with E-state index in [0.29, 0.717) is 12.1 Å². The number of carboxylic acid groups (broad SMARTS) is 1. The van der Waals surface area contributed by atoms with Gasteiger partial charge in [0.15, 0.2) is 15.0 Å². The van der Waals surface area contributed by atoms with Crippen molar-refractivity contribution >= 4 is 44.3 Å². The molecular weight excluding hydrogens is 506 g/mol. The molecule has 33 heavy (non-hydrogen) atoms. The number of aliphatic imine (C=N–C) groups is 1. The number of nitrogens with zero attached hydrogens (tertiary/aromatic N) is 2. The van der Waals surface area contributed by atoms with Crippen LogP contribution in [-0.2, 0) is 36.5 Å². The number of benzene rings is 1. The zero-order chi connectivity index (χ0) is 24.8. The Morgan fingerprint density at radius 2 is 1.64 bits per heavy atom. The van der Waals surface area contributed by atoms with Crippen LogP contribution in [0.5, 0.6) is 0 Å². The molecule has 1 aromatic carbocycles. The molecule has 1 aromatic rings. The molecule has 0 unspecified atom stereocenters. The number of amidine groups is 1. The number of thioether (sulfide) groups is 1. The molecule has 0 saturated carbocycles. The smallest absolute Gasteiger partial charge is 0.416 e. The number of alkyl halides is 6. The van der Waals surface area contributed by atoms with Crippen molar-refractivity contribution in [2.75, 3.05) is 29.6 Å². The number of aliphatic carboxylic acids is 1. The number of carbonyl (C=O) groups is 2. The van der Waals surface area contributed by atoms with Gasteiger partial charge in [-0.3, -0.25) is 4.79 Å². The van der Waals surface area contributed by atoms with E-state index in [-0.39, 0.29) is 11.2 Å². The van der Waals surface area contributed by atoms with Crippen LogP contribution in [0.4, 0.5) is 32.0 Å². The van der Waals surface area contributed by atoms with E-state index >= 15 is 0 Å². The number of anilines is 1. The average molecular weight is 520 g/mol. The van der Waals surface area contributed by atoms with E-state index in [1.165, 1.54) is 0 Å². The van der Waals surface area contributed by atoms with E-state index in [2.05, 4.69) is 9.73 Å². The number of hydrogen-bond acceptors (Lipinski definition) is 6. The number of carboxylic acids is 1. The molecule has 2 heterocycles. The second-order valence-electron chi connectivity index (χ2n) is 7.11. The fourth-order valence-corrected chi connectivity index (χ4v) is 7.24. The Morgan fingerprint density at radius 3 is 2.15 bits per heavy atom. The minimum atomic E-state index is -5.14. The number of sulfone groups is 1. The van der Waals surface area contributed by atoms with Gasteiger partial charge in [0.2, 0.25) is 0 Å². The predicted octanol–water partition coefficient (Wildman–Crippen LogP) is 2.43. The molecular formula is C17H14F6N2O6S2. The normalized spacial score (nSPS) is 23.7. The summed E-state index contributed by atoms with van der Waals surface area (Å²) < 4.78 is 108. The van der Waals surface area contributed by atoms with Crippen LogP contribution in [0.15, 0.2) is 23.2 Å². The third-order valence-electron chi connectivity index (χ3n) is 4.59. The molecule has 0 bridgehead atoms. The maximum atomic E-state index is 13.3. The lowest BCUT2D eigenvalue weighted by Crippen LogP contribution is -2.38. The molecule has 2 saturated heterocycles. The largest absolute Gasteiger partial charge is 0.480 e. The standard InChI is InChI=1S/C17H14F6N2O6S2/c18-16(19,20)8-1-9(17(21,22)23)3-10(2-8)25-11-6-33(29,30)7-12(11)32-15(25)24-13(26)4-31-5-14(27)28/h1-3,11-12H,4-7H2,(H,27,28)/t11-,12+/m1/s1. The van der Waals surface area contributed by atoms with E-state index in [1.807, 2.05) is 0 Å². The molecule has 2 fully saturated rings. The van der Waals surface area contributed by atoms with Gasteiger partial charge in [-0.1, -0.05) is 11.8 Å². The van der Waals surface area contributed by atoms with E-state index in [0.717, 1.165) is 16.7 Å². The minimum Gasteiger partial charge on any atom is -0.480 e. The van der Waals surface area contributed by atoms with Crippen molar-refractivity contribution in [1.29, 1.82) is 0 Å². The van der Waals surface area contributed by atoms with Crippen molar-refractivity contribution in [2.24, 2.45) is 4.99 Å². The third kappa shape index (κ3) is 5.97. The second kappa shape index (κ2) is 8.79. The molecule has 2 aliphatic rings. The SMILES string of the molecule is O=C(O)COCC(=O)N=C1S[C@H]2CS(=O)(=O)C[C@H]2N1c1cc(C(F)(F)F)cc(C(F)(F)F)c1. The van der Waals surface area contributed by atoms with Crippen molar-refractivity contribution in [1.82, 2.24) is 0 Å². The molecule has 2 atom stereocenters. The first-order chi connectivity index (χ1) is 15.1. The molecule has 0 aliphatic carbocycles. The highest BCUT2D eigenvalue weighted by atomic mass is 32.2. The average Bonchev–Trinajstić information content (AvgIpc) is 3.10. The Morgan fingerprint density at radius 1 is 1.06 bits per heavy atom. The fraction of sp³-hybridized carbons (Fsp3) is 0.471. The maximum absolute atomic E-state index is 13.3. The summed E-state index contributed by atoms with van der Waals surface area (Å²) in [4.78, 5) is 27.0. The molecule has 0 radical (unpaired) electrons. The van der Waals surface area contributed by atoms with Gasteiger partial charge in [-0.15, -0.1) is 0 Å². The van der Waals surface area contributed by atoms with Crippen LogP contribution in [0.1, 0.15) is 11.1 Å². The number of amides is 1. The van der Waals surface area contributed by atoms with Crippen molar-refractivity contribution in [3.63, 3.8) is 0 Å². The number of halogens is 6. The number of fused-ring (bicyclic) bond motifs is 1. The van der Waals surface area contributed by atoms with Gasteiger partial charge in [0.25, 0.3) is 5.91 Å². The lowest BCUT2D eigenvalue weighted by Gasteiger charge is -2.26. The molecule has 1 N–H and O–H groups in total. The van der Waals surface area contributed by atoms with Crippen LogP contribution in [0.25, 0.3) is 0 Å². The van der Waals surface area contributed by atoms with Crippen molar-refractivity contribution < 1.29 is 54.2 Å². The molecule has 2 aliphatic heterocycles. The summed E-state index contributed by atoms with van der Waals surface area (Å²) in [5.41, 5.74) is -3.86. The van der Waals surface area contributed by atoms with Gasteiger partial charge in [0.1, 0.15) is 13.2 Å². The fourth-order valence-electron chi connectivity index (χ4n) is 3.31. The van der Waals surface area contributed by atoms with Gasteiger partial charge in [-0.25, -0.2) is 13.2 Å². The summed E-state index contributed by atoms with van der Waals surface area (Å²) >= 11 is 0.723. The summed E-state index contributed by atoms with van der Waals surface area (Å²) in [6, 6.07) is -0.290. The molecule has 0 aromatic heterocycles. The van der Waals surface area contributed by atoms with E-state index < -0.39 is 86.9 Å². The summed E-state index contributed by atoms with van der Waals surface area (Å²) in [6.45, 7) is -1.65. The number of rotatable bonds is 5. The molecule has 182 valence electrons. The van der Waals surface area contributed by atoms with Gasteiger partial charge < -0.3 is 14.7 Å². The highest BCUT2D eigenvalue weighted by Crippen LogP contribution is 2.44. The first-order valence-corrected chi connectivity index (χ1v) is 11.6. The molecule has 0 spiro atoms. The highest BCUT2D eigenvalue weighted by Gasteiger charge is 2.50. The predicted molar refractivity (Wildman–Crippen MR) is 104 cm³/mol. The zero-order valence-corrected chi connectivity index (χ0v) is 17.8. The quantitative estimate of drug-likeness (QED) is 0.590. The van der Waals surface area contributed by atoms with E-state index in [1.54, 1.807) is 0 Å². The lowest BCUT2D eigenvalue weighted by molar-refractivity contribution is -0.144. The summed E-state index contributed by atoms with van der Waals surface area (Å²) in [5, 5.41) is 7.42. The van der Waals surface area contributed by atoms with Crippen molar-refractivity contribution in [3.05, 3.63) is 29.3 Å². The van der Waals surface area contributed by atoms with Crippen LogP contribution >= 0.6 is 11.8 Å². The van der Waals surface area contributed by atoms with Gasteiger partial charge in [-0.05, 0) is 18.2 Å². The number of ether oxygens (including phenoxy) is 1. The van der Waals surface area contributed by atoms with Gasteiger partial charge in [0.05, 0.1) is 28.7 Å². The lowest BCUT2D eigenvalue weighted by atomic mass is 10.1. The molecule has 1 amide bonds.